The smallest absolute Gasteiger partial charge is 0.408 e. The van der Waals surface area contributed by atoms with E-state index in [4.69, 9.17) is 9.47 Å². The van der Waals surface area contributed by atoms with Gasteiger partial charge in [0, 0.05) is 42.6 Å². The first-order valence-corrected chi connectivity index (χ1v) is 20.3. The first kappa shape index (κ1) is 38.3. The summed E-state index contributed by atoms with van der Waals surface area (Å²) in [6.07, 6.45) is -0.626. The van der Waals surface area contributed by atoms with E-state index in [-0.39, 0.29) is 44.1 Å². The standard InChI is InChI=1S/C36H37BrN4O10S2/c1-36(2,3)51-35(43)38-31-21-40(53(48,49)33-12-8-7-11-32(33)41(44)45)19-29-27(31)17-24(22-50-34(42)23-9-5-4-6-10-23)28-18-39(20-30(28)29)52(46,47)26-15-13-25(37)14-16-26/h4-16,24,31H,17-22H2,1-3H3,(H,38,43)/t24-,31-/m1/s1. The Bertz CT molecular complexity index is 2240. The van der Waals surface area contributed by atoms with Crippen molar-refractivity contribution >= 4 is 53.7 Å². The Morgan fingerprint density at radius 3 is 2.15 bits per heavy atom. The van der Waals surface area contributed by atoms with Gasteiger partial charge in [0.15, 0.2) is 4.90 Å². The number of esters is 1. The summed E-state index contributed by atoms with van der Waals surface area (Å²) in [4.78, 5) is 36.9. The monoisotopic (exact) mass is 828 g/mol. The Hall–Kier alpha value is -4.42. The molecule has 1 N–H and O–H groups in total. The molecule has 6 rings (SSSR count). The largest absolute Gasteiger partial charge is 0.461 e. The number of carbonyl (C=O) groups is 2. The van der Waals surface area contributed by atoms with Crippen molar-refractivity contribution in [3.8, 4) is 0 Å². The van der Waals surface area contributed by atoms with Crippen LogP contribution in [0.25, 0.3) is 0 Å². The third-order valence-corrected chi connectivity index (χ3v) is 13.4. The van der Waals surface area contributed by atoms with E-state index in [9.17, 15) is 36.5 Å². The van der Waals surface area contributed by atoms with Crippen LogP contribution in [0, 0.1) is 16.0 Å². The number of nitro groups is 1. The number of sulfonamides is 2. The van der Waals surface area contributed by atoms with Crippen LogP contribution < -0.4 is 5.32 Å². The Kier molecular flexibility index (Phi) is 10.7. The second kappa shape index (κ2) is 14.8. The minimum atomic E-state index is -4.54. The molecule has 53 heavy (non-hydrogen) atoms. The topological polar surface area (TPSA) is 183 Å². The van der Waals surface area contributed by atoms with Gasteiger partial charge in [0.25, 0.3) is 5.69 Å². The molecular formula is C36H37BrN4O10S2. The van der Waals surface area contributed by atoms with Gasteiger partial charge >= 0.3 is 12.1 Å². The maximum Gasteiger partial charge on any atom is 0.408 e. The van der Waals surface area contributed by atoms with Crippen LogP contribution in [0.2, 0.25) is 0 Å². The summed E-state index contributed by atoms with van der Waals surface area (Å²) < 4.78 is 70.8. The van der Waals surface area contributed by atoms with Gasteiger partial charge in [0.05, 0.1) is 28.0 Å². The summed E-state index contributed by atoms with van der Waals surface area (Å²) in [7, 11) is -8.60. The average molecular weight is 830 g/mol. The van der Waals surface area contributed by atoms with E-state index in [2.05, 4.69) is 21.2 Å². The Morgan fingerprint density at radius 1 is 0.868 bits per heavy atom. The van der Waals surface area contributed by atoms with E-state index in [1.165, 1.54) is 28.6 Å². The maximum atomic E-state index is 14.2. The highest BCUT2D eigenvalue weighted by Gasteiger charge is 2.46. The van der Waals surface area contributed by atoms with Crippen LogP contribution >= 0.6 is 15.9 Å². The molecule has 280 valence electrons. The molecule has 2 atom stereocenters. The molecule has 0 fully saturated rings. The number of benzene rings is 3. The summed E-state index contributed by atoms with van der Waals surface area (Å²) in [5, 5.41) is 14.7. The lowest BCUT2D eigenvalue weighted by molar-refractivity contribution is -0.387. The molecule has 3 aromatic rings. The van der Waals surface area contributed by atoms with Crippen LogP contribution in [-0.2, 0) is 29.5 Å². The fourth-order valence-corrected chi connectivity index (χ4v) is 9.97. The van der Waals surface area contributed by atoms with Gasteiger partial charge in [-0.1, -0.05) is 46.3 Å². The number of amides is 1. The zero-order chi connectivity index (χ0) is 38.3. The summed E-state index contributed by atoms with van der Waals surface area (Å²) in [5.74, 6) is -1.10. The number of hydrogen-bond donors (Lipinski definition) is 1. The third kappa shape index (κ3) is 8.08. The highest BCUT2D eigenvalue weighted by molar-refractivity contribution is 9.10. The van der Waals surface area contributed by atoms with Crippen molar-refractivity contribution in [2.75, 3.05) is 32.8 Å². The van der Waals surface area contributed by atoms with Crippen LogP contribution in [-0.4, -0.2) is 86.9 Å². The molecule has 3 aromatic carbocycles. The van der Waals surface area contributed by atoms with E-state index in [1.807, 2.05) is 0 Å². The molecule has 2 aliphatic heterocycles. The van der Waals surface area contributed by atoms with E-state index >= 15 is 0 Å². The summed E-state index contributed by atoms with van der Waals surface area (Å²) in [6, 6.07) is 18.6. The number of para-hydroxylation sites is 1. The van der Waals surface area contributed by atoms with Crippen LogP contribution in [0.15, 0.2) is 115 Å². The average Bonchev–Trinajstić information content (AvgIpc) is 3.57. The lowest BCUT2D eigenvalue weighted by Crippen LogP contribution is -2.53. The molecule has 0 unspecified atom stereocenters. The van der Waals surface area contributed by atoms with Crippen LogP contribution in [0.5, 0.6) is 0 Å². The molecule has 2 heterocycles. The summed E-state index contributed by atoms with van der Waals surface area (Å²) in [6.45, 7) is 4.18. The predicted octanol–water partition coefficient (Wildman–Crippen LogP) is 5.43. The van der Waals surface area contributed by atoms with E-state index in [0.29, 0.717) is 32.3 Å². The Balaban J connectivity index is 1.42. The zero-order valence-electron chi connectivity index (χ0n) is 29.0. The molecule has 0 bridgehead atoms. The van der Waals surface area contributed by atoms with Gasteiger partial charge < -0.3 is 14.8 Å². The molecule has 0 radical (unpaired) electrons. The third-order valence-electron chi connectivity index (χ3n) is 9.17. The van der Waals surface area contributed by atoms with Crippen molar-refractivity contribution in [1.82, 2.24) is 13.9 Å². The van der Waals surface area contributed by atoms with E-state index < -0.39 is 65.2 Å². The Morgan fingerprint density at radius 2 is 1.49 bits per heavy atom. The van der Waals surface area contributed by atoms with Crippen molar-refractivity contribution < 1.29 is 40.8 Å². The lowest BCUT2D eigenvalue weighted by Gasteiger charge is -2.40. The number of rotatable bonds is 9. The van der Waals surface area contributed by atoms with Crippen LogP contribution in [0.1, 0.15) is 37.6 Å². The second-order valence-corrected chi connectivity index (χ2v) is 18.6. The molecule has 0 spiro atoms. The summed E-state index contributed by atoms with van der Waals surface area (Å²) in [5.41, 5.74) is 1.11. The van der Waals surface area contributed by atoms with Crippen molar-refractivity contribution in [3.63, 3.8) is 0 Å². The van der Waals surface area contributed by atoms with Crippen LogP contribution in [0.4, 0.5) is 10.5 Å². The quantitative estimate of drug-likeness (QED) is 0.166. The molecule has 0 saturated carbocycles. The van der Waals surface area contributed by atoms with Crippen molar-refractivity contribution in [2.45, 2.75) is 48.6 Å². The predicted molar refractivity (Wildman–Crippen MR) is 197 cm³/mol. The number of carbonyl (C=O) groups excluding carboxylic acids is 2. The highest BCUT2D eigenvalue weighted by atomic mass is 79.9. The molecule has 3 aliphatic rings. The molecule has 1 aliphatic carbocycles. The number of halogens is 1. The van der Waals surface area contributed by atoms with Gasteiger partial charge in [-0.15, -0.1) is 0 Å². The van der Waals surface area contributed by atoms with Gasteiger partial charge in [-0.25, -0.2) is 26.4 Å². The minimum absolute atomic E-state index is 0.0514. The van der Waals surface area contributed by atoms with Gasteiger partial charge in [0.1, 0.15) is 5.60 Å². The van der Waals surface area contributed by atoms with Crippen molar-refractivity contribution in [3.05, 3.63) is 121 Å². The first-order valence-electron chi connectivity index (χ1n) is 16.6. The van der Waals surface area contributed by atoms with Crippen molar-refractivity contribution in [2.24, 2.45) is 5.92 Å². The van der Waals surface area contributed by atoms with Gasteiger partial charge in [-0.05, 0) is 91.9 Å². The number of nitrogens with one attached hydrogen (secondary N) is 1. The van der Waals surface area contributed by atoms with Crippen molar-refractivity contribution in [1.29, 1.82) is 0 Å². The zero-order valence-corrected chi connectivity index (χ0v) is 32.2. The molecule has 1 amide bonds. The minimum Gasteiger partial charge on any atom is -0.461 e. The number of fused-ring (bicyclic) bond motifs is 1. The lowest BCUT2D eigenvalue weighted by atomic mass is 9.76. The summed E-state index contributed by atoms with van der Waals surface area (Å²) >= 11 is 3.33. The van der Waals surface area contributed by atoms with Crippen LogP contribution in [0.3, 0.4) is 0 Å². The molecular weight excluding hydrogens is 792 g/mol. The fourth-order valence-electron chi connectivity index (χ4n) is 6.74. The van der Waals surface area contributed by atoms with Gasteiger partial charge in [-0.2, -0.15) is 8.61 Å². The number of alkyl carbamates (subject to hydrolysis) is 1. The number of hydrogen-bond acceptors (Lipinski definition) is 10. The number of nitro benzene ring substituents is 1. The normalized spacial score (nSPS) is 19.7. The number of nitrogens with zero attached hydrogens (tertiary/aromatic N) is 3. The van der Waals surface area contributed by atoms with Gasteiger partial charge in [0.2, 0.25) is 20.0 Å². The molecule has 0 saturated heterocycles. The van der Waals surface area contributed by atoms with E-state index in [0.717, 1.165) is 16.4 Å². The SMILES string of the molecule is CC(C)(C)OC(=O)N[C@@H]1CN(S(=O)(=O)c2ccccc2[N+](=O)[O-])CC2=C1C[C@H](COC(=O)c1ccccc1)C1=C2CN(S(=O)(=O)c2ccc(Br)cc2)C1. The Labute approximate surface area is 315 Å². The van der Waals surface area contributed by atoms with E-state index in [1.54, 1.807) is 63.2 Å². The first-order chi connectivity index (χ1) is 25.0. The molecule has 17 heteroatoms. The van der Waals surface area contributed by atoms with Gasteiger partial charge in [-0.3, -0.25) is 10.1 Å². The molecule has 0 aromatic heterocycles. The second-order valence-electron chi connectivity index (χ2n) is 13.8. The maximum absolute atomic E-state index is 14.2. The number of ether oxygens (including phenoxy) is 2. The highest BCUT2D eigenvalue weighted by Crippen LogP contribution is 2.45. The molecule has 14 nitrogen and oxygen atoms in total. The fraction of sp³-hybridized carbons (Fsp3) is 0.333.